The number of hydrogen-bond donors (Lipinski definition) is 2. The molecule has 29 heavy (non-hydrogen) atoms. The maximum atomic E-state index is 11.9. The number of furan rings is 1. The van der Waals surface area contributed by atoms with Crippen LogP contribution in [-0.4, -0.2) is 43.5 Å². The summed E-state index contributed by atoms with van der Waals surface area (Å²) in [4.78, 5) is 18.4. The Morgan fingerprint density at radius 3 is 2.66 bits per heavy atom. The maximum absolute atomic E-state index is 11.9. The first-order valence-corrected chi connectivity index (χ1v) is 11.1. The summed E-state index contributed by atoms with van der Waals surface area (Å²) >= 11 is 1.80. The number of nitrogens with zero attached hydrogens (tertiary/aromatic N) is 2. The van der Waals surface area contributed by atoms with Gasteiger partial charge in [0.1, 0.15) is 5.76 Å². The largest absolute Gasteiger partial charge is 0.469 e. The molecule has 1 aromatic heterocycles. The van der Waals surface area contributed by atoms with Crippen LogP contribution in [0.4, 0.5) is 5.69 Å². The highest BCUT2D eigenvalue weighted by molar-refractivity contribution is 14.0. The SMILES string of the molecule is CSCCNC(=NCc1ccc(N2CCCC2=O)cc1)NCCc1ccco1.I. The molecule has 158 valence electrons. The van der Waals surface area contributed by atoms with Gasteiger partial charge in [0.2, 0.25) is 5.91 Å². The lowest BCUT2D eigenvalue weighted by molar-refractivity contribution is -0.117. The van der Waals surface area contributed by atoms with Crippen molar-refractivity contribution in [2.45, 2.75) is 25.8 Å². The van der Waals surface area contributed by atoms with Crippen molar-refractivity contribution >= 4 is 53.3 Å². The third kappa shape index (κ3) is 7.58. The van der Waals surface area contributed by atoms with Crippen molar-refractivity contribution in [1.29, 1.82) is 0 Å². The third-order valence-corrected chi connectivity index (χ3v) is 5.20. The number of amides is 1. The Morgan fingerprint density at radius 1 is 1.21 bits per heavy atom. The Labute approximate surface area is 193 Å². The Kier molecular flexibility index (Phi) is 10.4. The monoisotopic (exact) mass is 528 g/mol. The van der Waals surface area contributed by atoms with E-state index in [2.05, 4.69) is 16.9 Å². The number of carbonyl (C=O) groups excluding carboxylic acids is 1. The van der Waals surface area contributed by atoms with Gasteiger partial charge in [-0.2, -0.15) is 11.8 Å². The van der Waals surface area contributed by atoms with Crippen molar-refractivity contribution in [1.82, 2.24) is 10.6 Å². The quantitative estimate of drug-likeness (QED) is 0.225. The van der Waals surface area contributed by atoms with Crippen LogP contribution in [0, 0.1) is 0 Å². The fourth-order valence-corrected chi connectivity index (χ4v) is 3.38. The number of thioether (sulfide) groups is 1. The first-order chi connectivity index (χ1) is 13.8. The summed E-state index contributed by atoms with van der Waals surface area (Å²) in [6.07, 6.45) is 6.20. The van der Waals surface area contributed by atoms with Crippen LogP contribution in [0.3, 0.4) is 0 Å². The van der Waals surface area contributed by atoms with Crippen LogP contribution in [0.5, 0.6) is 0 Å². The van der Waals surface area contributed by atoms with Crippen molar-refractivity contribution in [3.05, 3.63) is 54.0 Å². The summed E-state index contributed by atoms with van der Waals surface area (Å²) in [6.45, 7) is 3.03. The van der Waals surface area contributed by atoms with Crippen LogP contribution < -0.4 is 15.5 Å². The number of halogens is 1. The smallest absolute Gasteiger partial charge is 0.227 e. The minimum atomic E-state index is 0. The van der Waals surface area contributed by atoms with Crippen LogP contribution in [0.15, 0.2) is 52.1 Å². The minimum Gasteiger partial charge on any atom is -0.469 e. The molecule has 3 rings (SSSR count). The average Bonchev–Trinajstić information content (AvgIpc) is 3.38. The molecule has 0 saturated carbocycles. The van der Waals surface area contributed by atoms with Crippen molar-refractivity contribution in [2.24, 2.45) is 4.99 Å². The predicted octanol–water partition coefficient (Wildman–Crippen LogP) is 3.67. The van der Waals surface area contributed by atoms with Gasteiger partial charge < -0.3 is 20.0 Å². The summed E-state index contributed by atoms with van der Waals surface area (Å²) in [5, 5.41) is 6.73. The van der Waals surface area contributed by atoms with E-state index in [1.54, 1.807) is 18.0 Å². The van der Waals surface area contributed by atoms with Crippen molar-refractivity contribution in [3.63, 3.8) is 0 Å². The van der Waals surface area contributed by atoms with Crippen LogP contribution >= 0.6 is 35.7 Å². The van der Waals surface area contributed by atoms with E-state index in [0.717, 1.165) is 61.2 Å². The van der Waals surface area contributed by atoms with Crippen LogP contribution in [0.25, 0.3) is 0 Å². The first-order valence-electron chi connectivity index (χ1n) is 9.69. The Morgan fingerprint density at radius 2 is 2.00 bits per heavy atom. The highest BCUT2D eigenvalue weighted by Crippen LogP contribution is 2.21. The minimum absolute atomic E-state index is 0. The lowest BCUT2D eigenvalue weighted by Crippen LogP contribution is -2.39. The van der Waals surface area contributed by atoms with Gasteiger partial charge in [-0.05, 0) is 42.5 Å². The first kappa shape index (κ1) is 23.6. The fraction of sp³-hybridized carbons (Fsp3) is 0.429. The molecule has 0 radical (unpaired) electrons. The van der Waals surface area contributed by atoms with Crippen LogP contribution in [-0.2, 0) is 17.8 Å². The molecule has 1 aliphatic heterocycles. The Hall–Kier alpha value is -1.68. The lowest BCUT2D eigenvalue weighted by atomic mass is 10.2. The zero-order valence-electron chi connectivity index (χ0n) is 16.7. The highest BCUT2D eigenvalue weighted by Gasteiger charge is 2.21. The number of benzene rings is 1. The maximum Gasteiger partial charge on any atom is 0.227 e. The van der Waals surface area contributed by atoms with Gasteiger partial charge in [-0.1, -0.05) is 12.1 Å². The molecule has 0 spiro atoms. The number of nitrogens with one attached hydrogen (secondary N) is 2. The second kappa shape index (κ2) is 12.8. The molecule has 1 aromatic carbocycles. The molecule has 0 unspecified atom stereocenters. The van der Waals surface area contributed by atoms with Gasteiger partial charge in [-0.15, -0.1) is 24.0 Å². The van der Waals surface area contributed by atoms with Crippen LogP contribution in [0.1, 0.15) is 24.2 Å². The van der Waals surface area contributed by atoms with E-state index in [1.165, 1.54) is 0 Å². The highest BCUT2D eigenvalue weighted by atomic mass is 127. The average molecular weight is 528 g/mol. The number of carbonyl (C=O) groups is 1. The summed E-state index contributed by atoms with van der Waals surface area (Å²) in [6, 6.07) is 12.0. The zero-order valence-corrected chi connectivity index (χ0v) is 19.9. The molecule has 2 N–H and O–H groups in total. The predicted molar refractivity (Wildman–Crippen MR) is 131 cm³/mol. The van der Waals surface area contributed by atoms with Gasteiger partial charge in [-0.25, -0.2) is 4.99 Å². The summed E-state index contributed by atoms with van der Waals surface area (Å²) < 4.78 is 5.37. The van der Waals surface area contributed by atoms with E-state index in [0.29, 0.717) is 13.0 Å². The van der Waals surface area contributed by atoms with E-state index in [4.69, 9.17) is 9.41 Å². The number of anilines is 1. The summed E-state index contributed by atoms with van der Waals surface area (Å²) in [5.74, 6) is 3.01. The normalized spacial score (nSPS) is 14.0. The number of rotatable bonds is 9. The molecular weight excluding hydrogens is 499 g/mol. The number of hydrogen-bond acceptors (Lipinski definition) is 4. The molecule has 0 bridgehead atoms. The van der Waals surface area contributed by atoms with E-state index in [9.17, 15) is 4.79 Å². The van der Waals surface area contributed by atoms with Gasteiger partial charge in [0.15, 0.2) is 5.96 Å². The Bertz CT molecular complexity index is 765. The molecule has 0 aliphatic carbocycles. The molecule has 1 aliphatic rings. The molecule has 1 fully saturated rings. The zero-order chi connectivity index (χ0) is 19.6. The lowest BCUT2D eigenvalue weighted by Gasteiger charge is -2.16. The molecule has 6 nitrogen and oxygen atoms in total. The van der Waals surface area contributed by atoms with E-state index >= 15 is 0 Å². The van der Waals surface area contributed by atoms with Crippen molar-refractivity contribution in [3.8, 4) is 0 Å². The van der Waals surface area contributed by atoms with Crippen molar-refractivity contribution in [2.75, 3.05) is 36.5 Å². The van der Waals surface area contributed by atoms with Gasteiger partial charge >= 0.3 is 0 Å². The topological polar surface area (TPSA) is 69.9 Å². The van der Waals surface area contributed by atoms with Gasteiger partial charge in [0, 0.05) is 43.9 Å². The van der Waals surface area contributed by atoms with E-state index < -0.39 is 0 Å². The molecule has 0 atom stereocenters. The third-order valence-electron chi connectivity index (χ3n) is 4.58. The van der Waals surface area contributed by atoms with Crippen LogP contribution in [0.2, 0.25) is 0 Å². The van der Waals surface area contributed by atoms with Gasteiger partial charge in [0.25, 0.3) is 0 Å². The fourth-order valence-electron chi connectivity index (χ4n) is 3.08. The second-order valence-electron chi connectivity index (χ2n) is 6.66. The molecule has 2 aromatic rings. The molecule has 1 saturated heterocycles. The summed E-state index contributed by atoms with van der Waals surface area (Å²) in [5.41, 5.74) is 2.09. The van der Waals surface area contributed by atoms with Crippen molar-refractivity contribution < 1.29 is 9.21 Å². The number of aliphatic imine (C=N–C) groups is 1. The second-order valence-corrected chi connectivity index (χ2v) is 7.64. The summed E-state index contributed by atoms with van der Waals surface area (Å²) in [7, 11) is 0. The standard InChI is InChI=1S/C21H28N4O2S.HI/c1-28-15-12-23-21(22-11-10-19-4-3-14-27-19)24-16-17-6-8-18(9-7-17)25-13-2-5-20(25)26;/h3-4,6-9,14H,2,5,10-13,15-16H2,1H3,(H2,22,23,24);1H. The van der Waals surface area contributed by atoms with Gasteiger partial charge in [-0.3, -0.25) is 4.79 Å². The molecule has 8 heteroatoms. The Balaban J connectivity index is 0.00000300. The number of guanidine groups is 1. The molecule has 2 heterocycles. The van der Waals surface area contributed by atoms with E-state index in [1.807, 2.05) is 41.3 Å². The van der Waals surface area contributed by atoms with E-state index in [-0.39, 0.29) is 29.9 Å². The van der Waals surface area contributed by atoms with Gasteiger partial charge in [0.05, 0.1) is 12.8 Å². The molecule has 1 amide bonds. The molecular formula is C21H29IN4O2S.